The van der Waals surface area contributed by atoms with E-state index in [1.807, 2.05) is 11.8 Å². The number of aliphatic hydroxyl groups is 1. The lowest BCUT2D eigenvalue weighted by Crippen LogP contribution is -2.57. The maximum atomic E-state index is 14.3. The molecule has 0 aromatic heterocycles. The van der Waals surface area contributed by atoms with E-state index < -0.39 is 22.6 Å². The first-order valence-corrected chi connectivity index (χ1v) is 15.0. The topological polar surface area (TPSA) is 87.1 Å². The van der Waals surface area contributed by atoms with E-state index in [9.17, 15) is 19.5 Å². The minimum Gasteiger partial charge on any atom is -0.465 e. The quantitative estimate of drug-likeness (QED) is 0.136. The Labute approximate surface area is 228 Å². The molecule has 3 saturated heterocycles. The van der Waals surface area contributed by atoms with Crippen LogP contribution in [-0.4, -0.2) is 85.9 Å². The molecule has 7 atom stereocenters. The number of ether oxygens (including phenoxy) is 1. The Morgan fingerprint density at radius 1 is 1.33 bits per heavy atom. The number of halogens is 1. The van der Waals surface area contributed by atoms with Gasteiger partial charge >= 0.3 is 5.97 Å². The molecule has 3 aliphatic heterocycles. The van der Waals surface area contributed by atoms with E-state index in [0.29, 0.717) is 45.4 Å². The molecule has 3 rings (SSSR count). The Balaban J connectivity index is 1.97. The molecular weight excluding hydrogens is 544 g/mol. The van der Waals surface area contributed by atoms with Crippen molar-refractivity contribution in [2.24, 2.45) is 11.8 Å². The second-order valence-electron chi connectivity index (χ2n) is 10.1. The number of carbonyl (C=O) groups excluding carboxylic acids is 3. The van der Waals surface area contributed by atoms with Crippen molar-refractivity contribution in [1.82, 2.24) is 9.80 Å². The Morgan fingerprint density at radius 2 is 2.08 bits per heavy atom. The highest BCUT2D eigenvalue weighted by molar-refractivity contribution is 9.09. The summed E-state index contributed by atoms with van der Waals surface area (Å²) in [6, 6.07) is -0.638. The Morgan fingerprint density at radius 3 is 2.72 bits per heavy atom. The van der Waals surface area contributed by atoms with Gasteiger partial charge in [0.25, 0.3) is 0 Å². The highest BCUT2D eigenvalue weighted by Crippen LogP contribution is 2.68. The first-order valence-electron chi connectivity index (χ1n) is 13.2. The third-order valence-corrected chi connectivity index (χ3v) is 11.0. The lowest BCUT2D eigenvalue weighted by molar-refractivity contribution is -0.154. The van der Waals surface area contributed by atoms with E-state index in [2.05, 4.69) is 36.0 Å². The number of esters is 1. The number of allylic oxidation sites excluding steroid dienone is 1. The molecule has 3 aliphatic rings. The maximum Gasteiger partial charge on any atom is 0.310 e. The summed E-state index contributed by atoms with van der Waals surface area (Å²) in [6.07, 6.45) is 8.59. The van der Waals surface area contributed by atoms with Crippen molar-refractivity contribution in [3.8, 4) is 0 Å². The van der Waals surface area contributed by atoms with Crippen LogP contribution in [0.5, 0.6) is 0 Å². The number of carbonyl (C=O) groups is 3. The third kappa shape index (κ3) is 5.44. The minimum atomic E-state index is -0.678. The summed E-state index contributed by atoms with van der Waals surface area (Å²) >= 11 is 5.42. The normalized spacial score (nSPS) is 31.3. The number of hydrogen-bond acceptors (Lipinski definition) is 6. The van der Waals surface area contributed by atoms with Gasteiger partial charge < -0.3 is 19.6 Å². The van der Waals surface area contributed by atoms with Crippen molar-refractivity contribution < 1.29 is 24.2 Å². The second-order valence-corrected chi connectivity index (χ2v) is 12.9. The number of hydrogen-bond donors (Lipinski definition) is 1. The second kappa shape index (κ2) is 13.0. The average Bonchev–Trinajstić information content (AvgIpc) is 3.43. The molecule has 36 heavy (non-hydrogen) atoms. The fourth-order valence-electron chi connectivity index (χ4n) is 6.17. The smallest absolute Gasteiger partial charge is 0.310 e. The predicted octanol–water partition coefficient (Wildman–Crippen LogP) is 3.94. The van der Waals surface area contributed by atoms with Crippen LogP contribution in [0.15, 0.2) is 25.3 Å². The number of alkyl halides is 1. The zero-order chi connectivity index (χ0) is 26.5. The van der Waals surface area contributed by atoms with Crippen molar-refractivity contribution in [3.05, 3.63) is 25.3 Å². The van der Waals surface area contributed by atoms with Crippen molar-refractivity contribution in [1.29, 1.82) is 0 Å². The van der Waals surface area contributed by atoms with Gasteiger partial charge in [0.05, 0.1) is 23.2 Å². The largest absolute Gasteiger partial charge is 0.465 e. The van der Waals surface area contributed by atoms with Crippen LogP contribution in [0.3, 0.4) is 0 Å². The lowest BCUT2D eigenvalue weighted by Gasteiger charge is -2.39. The van der Waals surface area contributed by atoms with Crippen molar-refractivity contribution in [3.63, 3.8) is 0 Å². The molecule has 3 fully saturated rings. The molecule has 2 amide bonds. The first-order chi connectivity index (χ1) is 17.3. The van der Waals surface area contributed by atoms with Crippen LogP contribution >= 0.6 is 27.7 Å². The summed E-state index contributed by atoms with van der Waals surface area (Å²) in [5.74, 6) is -1.70. The predicted molar refractivity (Wildman–Crippen MR) is 147 cm³/mol. The van der Waals surface area contributed by atoms with Gasteiger partial charge in [-0.15, -0.1) is 24.9 Å². The van der Waals surface area contributed by atoms with Crippen LogP contribution in [-0.2, 0) is 19.1 Å². The number of rotatable bonds is 15. The standard InChI is InChI=1S/C27H41BrN2O5S/c1-5-8-11-16-35-26(34)20-21-24(32)30(14-9-10-15-31)23(27(21)17-19(28)22(20)36-27)25(33)29(13-7-3)18(4)12-6-2/h5,7,18-23,31H,1,3,6,8-17H2,2,4H3/t18?,19?,20-,21-,22-,23?,27?/m0/s1. The summed E-state index contributed by atoms with van der Waals surface area (Å²) < 4.78 is 4.96. The van der Waals surface area contributed by atoms with Crippen molar-refractivity contribution >= 4 is 45.5 Å². The fourth-order valence-corrected chi connectivity index (χ4v) is 9.76. The number of thioether (sulfide) groups is 1. The Kier molecular flexibility index (Phi) is 10.5. The molecule has 0 saturated carbocycles. The molecule has 0 aromatic carbocycles. The number of likely N-dealkylation sites (tertiary alicyclic amines) is 1. The van der Waals surface area contributed by atoms with Crippen LogP contribution < -0.4 is 0 Å². The van der Waals surface area contributed by atoms with Gasteiger partial charge in [-0.05, 0) is 45.4 Å². The van der Waals surface area contributed by atoms with Crippen LogP contribution in [0.4, 0.5) is 0 Å². The average molecular weight is 586 g/mol. The van der Waals surface area contributed by atoms with Gasteiger partial charge in [0, 0.05) is 35.8 Å². The molecule has 202 valence electrons. The molecule has 3 heterocycles. The Bertz CT molecular complexity index is 841. The molecule has 4 unspecified atom stereocenters. The van der Waals surface area contributed by atoms with E-state index >= 15 is 0 Å². The van der Waals surface area contributed by atoms with Crippen LogP contribution in [0.1, 0.15) is 58.8 Å². The van der Waals surface area contributed by atoms with Crippen LogP contribution in [0.2, 0.25) is 0 Å². The summed E-state index contributed by atoms with van der Waals surface area (Å²) in [5, 5.41) is 9.23. The van der Waals surface area contributed by atoms with Gasteiger partial charge in [0.15, 0.2) is 0 Å². The third-order valence-electron chi connectivity index (χ3n) is 7.75. The molecule has 9 heteroatoms. The zero-order valence-electron chi connectivity index (χ0n) is 21.6. The summed E-state index contributed by atoms with van der Waals surface area (Å²) in [4.78, 5) is 45.1. The maximum absolute atomic E-state index is 14.3. The number of amides is 2. The van der Waals surface area contributed by atoms with Gasteiger partial charge in [-0.3, -0.25) is 14.4 Å². The van der Waals surface area contributed by atoms with E-state index in [-0.39, 0.29) is 40.5 Å². The van der Waals surface area contributed by atoms with Gasteiger partial charge in [0.1, 0.15) is 6.04 Å². The van der Waals surface area contributed by atoms with Crippen molar-refractivity contribution in [2.45, 2.75) is 85.7 Å². The molecular formula is C27H41BrN2O5S. The Hall–Kier alpha value is -1.32. The summed E-state index contributed by atoms with van der Waals surface area (Å²) in [5.41, 5.74) is 0. The first kappa shape index (κ1) is 29.2. The highest BCUT2D eigenvalue weighted by atomic mass is 79.9. The number of aliphatic hydroxyl groups excluding tert-OH is 1. The lowest BCUT2D eigenvalue weighted by atomic mass is 9.71. The number of fused-ring (bicyclic) bond motifs is 1. The van der Waals surface area contributed by atoms with Gasteiger partial charge in [-0.25, -0.2) is 0 Å². The summed E-state index contributed by atoms with van der Waals surface area (Å²) in [6.45, 7) is 12.8. The van der Waals surface area contributed by atoms with Crippen LogP contribution in [0, 0.1) is 11.8 Å². The molecule has 0 aromatic rings. The number of nitrogens with zero attached hydrogens (tertiary/aromatic N) is 2. The minimum absolute atomic E-state index is 0.0133. The monoisotopic (exact) mass is 584 g/mol. The van der Waals surface area contributed by atoms with E-state index in [1.54, 1.807) is 28.8 Å². The molecule has 2 bridgehead atoms. The highest BCUT2D eigenvalue weighted by Gasteiger charge is 2.76. The van der Waals surface area contributed by atoms with E-state index in [1.165, 1.54) is 0 Å². The molecule has 0 radical (unpaired) electrons. The molecule has 1 spiro atoms. The molecule has 7 nitrogen and oxygen atoms in total. The summed E-state index contributed by atoms with van der Waals surface area (Å²) in [7, 11) is 0. The van der Waals surface area contributed by atoms with Crippen molar-refractivity contribution in [2.75, 3.05) is 26.3 Å². The molecule has 1 N–H and O–H groups in total. The SMILES string of the molecule is C=CCCCOC(=O)[C@H]1[C@H]2C(=O)N(CCCCO)C(C(=O)N(CC=C)C(C)CCC)C23CC(Br)[C@@H]1S3. The van der Waals surface area contributed by atoms with Gasteiger partial charge in [0.2, 0.25) is 11.8 Å². The van der Waals surface area contributed by atoms with E-state index in [0.717, 1.165) is 19.3 Å². The van der Waals surface area contributed by atoms with Crippen LogP contribution in [0.25, 0.3) is 0 Å². The fraction of sp³-hybridized carbons (Fsp3) is 0.741. The van der Waals surface area contributed by atoms with Gasteiger partial charge in [-0.1, -0.05) is 41.4 Å². The van der Waals surface area contributed by atoms with Gasteiger partial charge in [-0.2, -0.15) is 0 Å². The van der Waals surface area contributed by atoms with E-state index in [4.69, 9.17) is 4.74 Å². The zero-order valence-corrected chi connectivity index (χ0v) is 24.0. The molecule has 0 aliphatic carbocycles. The number of unbranched alkanes of at least 4 members (excludes halogenated alkanes) is 2.